The van der Waals surface area contributed by atoms with E-state index in [1.807, 2.05) is 0 Å². The van der Waals surface area contributed by atoms with Crippen LogP contribution in [0.15, 0.2) is 103 Å². The van der Waals surface area contributed by atoms with Crippen molar-refractivity contribution in [3.63, 3.8) is 0 Å². The number of nitrogens with one attached hydrogen (secondary N) is 1. The van der Waals surface area contributed by atoms with Crippen LogP contribution in [-0.4, -0.2) is 82.7 Å². The molecule has 21 nitrogen and oxygen atoms in total. The van der Waals surface area contributed by atoms with Crippen molar-refractivity contribution in [2.45, 2.75) is 9.79 Å². The predicted molar refractivity (Wildman–Crippen MR) is 206 cm³/mol. The summed E-state index contributed by atoms with van der Waals surface area (Å²) in [6, 6.07) is 14.1. The van der Waals surface area contributed by atoms with E-state index in [0.717, 1.165) is 24.3 Å². The van der Waals surface area contributed by atoms with Crippen molar-refractivity contribution < 1.29 is 75.6 Å². The molecule has 0 amide bonds. The number of nitrogens with zero attached hydrogens (tertiary/aromatic N) is 4. The third kappa shape index (κ3) is 8.14. The number of fused-ring (bicyclic) bond motifs is 2. The lowest BCUT2D eigenvalue weighted by molar-refractivity contribution is 0.0682. The first-order valence-corrected chi connectivity index (χ1v) is 19.0. The van der Waals surface area contributed by atoms with Crippen molar-refractivity contribution >= 4 is 87.8 Å². The Hall–Kier alpha value is -7.60. The zero-order valence-corrected chi connectivity index (χ0v) is 31.5. The quantitative estimate of drug-likeness (QED) is 0.0430. The van der Waals surface area contributed by atoms with Gasteiger partial charge < -0.3 is 45.4 Å². The second-order valence-corrected chi connectivity index (χ2v) is 15.0. The minimum atomic E-state index is -5.04. The summed E-state index contributed by atoms with van der Waals surface area (Å²) >= 11 is 0. The number of azo groups is 2. The Balaban J connectivity index is 1.41. The van der Waals surface area contributed by atoms with Crippen LogP contribution in [0.25, 0.3) is 21.5 Å². The van der Waals surface area contributed by atoms with Crippen LogP contribution in [0.4, 0.5) is 34.1 Å². The third-order valence-electron chi connectivity index (χ3n) is 8.48. The second-order valence-electron chi connectivity index (χ2n) is 12.2. The summed E-state index contributed by atoms with van der Waals surface area (Å²) in [6.45, 7) is 0. The first-order chi connectivity index (χ1) is 27.7. The molecule has 0 heterocycles. The summed E-state index contributed by atoms with van der Waals surface area (Å²) in [5.74, 6) is -6.45. The number of phenolic OH excluding ortho intramolecular Hbond substituents is 2. The number of ether oxygens (including phenoxy) is 2. The lowest BCUT2D eigenvalue weighted by atomic mass is 10.1. The molecule has 23 heteroatoms. The molecule has 304 valence electrons. The number of carbonyl (C=O) groups is 2. The Morgan fingerprint density at radius 3 is 1.24 bits per heavy atom. The van der Waals surface area contributed by atoms with Crippen LogP contribution in [0, 0.1) is 0 Å². The average Bonchev–Trinajstić information content (AvgIpc) is 3.15. The molecule has 0 spiro atoms. The van der Waals surface area contributed by atoms with Crippen LogP contribution in [0.3, 0.4) is 0 Å². The fraction of sp³-hybridized carbons (Fsp3) is 0.0556. The molecule has 0 aliphatic rings. The highest BCUT2D eigenvalue weighted by Gasteiger charge is 2.26. The smallest absolute Gasteiger partial charge is 0.339 e. The van der Waals surface area contributed by atoms with Crippen LogP contribution in [0.1, 0.15) is 20.7 Å². The molecule has 0 fully saturated rings. The van der Waals surface area contributed by atoms with Gasteiger partial charge in [-0.15, -0.1) is 20.5 Å². The maximum atomic E-state index is 12.6. The maximum absolute atomic E-state index is 12.6. The highest BCUT2D eigenvalue weighted by molar-refractivity contribution is 7.86. The number of anilines is 2. The Morgan fingerprint density at radius 1 is 0.542 bits per heavy atom. The Bertz CT molecular complexity index is 2860. The number of carboxylic acid groups (broad SMARTS) is 2. The molecule has 0 saturated heterocycles. The Labute approximate surface area is 330 Å². The normalized spacial score (nSPS) is 12.1. The van der Waals surface area contributed by atoms with E-state index in [1.165, 1.54) is 50.6 Å². The lowest BCUT2D eigenvalue weighted by Crippen LogP contribution is -2.01. The standard InChI is InChI=1S/C36H27N5O16S2/c1-56-33-19-5-3-17(7-15(19)9-29(58(50,51)52)31(33)40-38-23-11-21(35(46)47)25(42)13-27(23)44)37-18-4-6-20-16(8-18)10-30(59(53,54)55)32(34(20)57-2)41-39-24-12-22(36(48)49)26(43)14-28(24)45/h3-14,37,42-45H,1-2H3,(H,46,47)(H,48,49)(H,50,51,52)(H,53,54,55). The second kappa shape index (κ2) is 15.4. The summed E-state index contributed by atoms with van der Waals surface area (Å²) < 4.78 is 81.6. The Morgan fingerprint density at radius 2 is 0.915 bits per heavy atom. The van der Waals surface area contributed by atoms with Gasteiger partial charge in [0.05, 0.1) is 14.2 Å². The van der Waals surface area contributed by atoms with Gasteiger partial charge in [0.15, 0.2) is 11.5 Å². The van der Waals surface area contributed by atoms with E-state index < -0.39 is 98.8 Å². The number of hydrogen-bond donors (Lipinski definition) is 9. The number of rotatable bonds is 12. The summed E-state index contributed by atoms with van der Waals surface area (Å²) in [6.07, 6.45) is 0. The SMILES string of the molecule is COc1c(N=Nc2cc(C(=O)O)c(O)cc2O)c(S(=O)(=O)O)cc2cc(Nc3ccc4c(OC)c(N=Nc5cc(C(=O)O)c(O)cc5O)c(S(=O)(=O)O)cc4c3)ccc12. The van der Waals surface area contributed by atoms with E-state index in [4.69, 9.17) is 9.47 Å². The molecule has 0 aliphatic heterocycles. The molecule has 0 aliphatic carbocycles. The average molecular weight is 850 g/mol. The van der Waals surface area contributed by atoms with Crippen molar-refractivity contribution in [1.29, 1.82) is 0 Å². The molecule has 0 saturated carbocycles. The minimum absolute atomic E-state index is 0.181. The number of phenols is 4. The fourth-order valence-electron chi connectivity index (χ4n) is 5.84. The lowest BCUT2D eigenvalue weighted by Gasteiger charge is -2.15. The van der Waals surface area contributed by atoms with Crippen LogP contribution >= 0.6 is 0 Å². The Kier molecular flexibility index (Phi) is 10.7. The van der Waals surface area contributed by atoms with E-state index in [0.29, 0.717) is 23.5 Å². The van der Waals surface area contributed by atoms with Crippen LogP contribution in [0.5, 0.6) is 34.5 Å². The van der Waals surface area contributed by atoms with E-state index >= 15 is 0 Å². The first kappa shape index (κ1) is 41.0. The zero-order valence-electron chi connectivity index (χ0n) is 29.9. The number of hydrogen-bond acceptors (Lipinski definition) is 17. The van der Waals surface area contributed by atoms with Crippen LogP contribution in [-0.2, 0) is 20.2 Å². The molecule has 0 radical (unpaired) electrons. The zero-order chi connectivity index (χ0) is 43.1. The highest BCUT2D eigenvalue weighted by Crippen LogP contribution is 2.46. The molecule has 0 aromatic heterocycles. The molecule has 59 heavy (non-hydrogen) atoms. The van der Waals surface area contributed by atoms with Gasteiger partial charge in [-0.2, -0.15) is 16.8 Å². The van der Waals surface area contributed by atoms with E-state index in [9.17, 15) is 66.2 Å². The van der Waals surface area contributed by atoms with Gasteiger partial charge in [-0.1, -0.05) is 0 Å². The van der Waals surface area contributed by atoms with Gasteiger partial charge in [-0.3, -0.25) is 9.11 Å². The van der Waals surface area contributed by atoms with E-state index in [2.05, 4.69) is 25.8 Å². The van der Waals surface area contributed by atoms with Crippen molar-refractivity contribution in [2.24, 2.45) is 20.5 Å². The molecule has 6 rings (SSSR count). The van der Waals surface area contributed by atoms with Crippen LogP contribution < -0.4 is 14.8 Å². The third-order valence-corrected chi connectivity index (χ3v) is 10.2. The van der Waals surface area contributed by atoms with Crippen molar-refractivity contribution in [3.8, 4) is 34.5 Å². The summed E-state index contributed by atoms with van der Waals surface area (Å²) in [4.78, 5) is 21.4. The molecule has 6 aromatic rings. The minimum Gasteiger partial charge on any atom is -0.507 e. The number of carboxylic acids is 2. The number of aromatic hydroxyl groups is 4. The van der Waals surface area contributed by atoms with Gasteiger partial charge in [0, 0.05) is 34.3 Å². The molecule has 6 aromatic carbocycles. The monoisotopic (exact) mass is 849 g/mol. The van der Waals surface area contributed by atoms with Gasteiger partial charge in [0.25, 0.3) is 20.2 Å². The topological polar surface area (TPSA) is 344 Å². The highest BCUT2D eigenvalue weighted by atomic mass is 32.2. The van der Waals surface area contributed by atoms with Crippen molar-refractivity contribution in [1.82, 2.24) is 0 Å². The largest absolute Gasteiger partial charge is 0.507 e. The van der Waals surface area contributed by atoms with E-state index in [1.54, 1.807) is 0 Å². The molecule has 0 bridgehead atoms. The first-order valence-electron chi connectivity index (χ1n) is 16.1. The van der Waals surface area contributed by atoms with Gasteiger partial charge in [-0.05, 0) is 71.4 Å². The summed E-state index contributed by atoms with van der Waals surface area (Å²) in [7, 11) is -7.73. The maximum Gasteiger partial charge on any atom is 0.339 e. The van der Waals surface area contributed by atoms with Gasteiger partial charge >= 0.3 is 11.9 Å². The summed E-state index contributed by atoms with van der Waals surface area (Å²) in [5.41, 5.74) is -2.60. The van der Waals surface area contributed by atoms with Crippen molar-refractivity contribution in [2.75, 3.05) is 19.5 Å². The van der Waals surface area contributed by atoms with E-state index in [-0.39, 0.29) is 33.0 Å². The van der Waals surface area contributed by atoms with Crippen molar-refractivity contribution in [3.05, 3.63) is 83.9 Å². The molecular formula is C36H27N5O16S2. The molecule has 9 N–H and O–H groups in total. The molecular weight excluding hydrogens is 823 g/mol. The summed E-state index contributed by atoms with van der Waals surface area (Å²) in [5, 5.41) is 77.8. The number of methoxy groups -OCH3 is 2. The number of benzene rings is 6. The van der Waals surface area contributed by atoms with Crippen LogP contribution in [0.2, 0.25) is 0 Å². The fourth-order valence-corrected chi connectivity index (χ4v) is 7.14. The molecule has 0 atom stereocenters. The van der Waals surface area contributed by atoms with Gasteiger partial charge in [0.1, 0.15) is 66.7 Å². The van der Waals surface area contributed by atoms with Gasteiger partial charge in [0.2, 0.25) is 0 Å². The predicted octanol–water partition coefficient (Wildman–Crippen LogP) is 7.30. The van der Waals surface area contributed by atoms with Gasteiger partial charge in [-0.25, -0.2) is 9.59 Å². The number of aromatic carboxylic acids is 2. The molecule has 0 unspecified atom stereocenters.